The molecule has 0 amide bonds. The van der Waals surface area contributed by atoms with E-state index >= 15 is 0 Å². The Kier molecular flexibility index (Phi) is 3.29. The predicted octanol–water partition coefficient (Wildman–Crippen LogP) is 2.05. The highest BCUT2D eigenvalue weighted by molar-refractivity contribution is 6.32. The van der Waals surface area contributed by atoms with E-state index in [2.05, 4.69) is 22.6 Å². The first kappa shape index (κ1) is 11.2. The fourth-order valence-corrected chi connectivity index (χ4v) is 1.95. The summed E-state index contributed by atoms with van der Waals surface area (Å²) in [4.78, 5) is 11.7. The van der Waals surface area contributed by atoms with E-state index in [4.69, 9.17) is 11.6 Å². The minimum atomic E-state index is -0.236. The van der Waals surface area contributed by atoms with Gasteiger partial charge in [-0.2, -0.15) is 5.10 Å². The minimum Gasteiger partial charge on any atom is -0.379 e. The molecule has 5 heteroatoms. The number of aromatic nitrogens is 2. The van der Waals surface area contributed by atoms with E-state index in [1.54, 1.807) is 6.20 Å². The van der Waals surface area contributed by atoms with Crippen LogP contribution < -0.4 is 10.9 Å². The monoisotopic (exact) mass is 239 g/mol. The lowest BCUT2D eigenvalue weighted by atomic mass is 10.2. The van der Waals surface area contributed by atoms with Gasteiger partial charge in [0.15, 0.2) is 0 Å². The van der Waals surface area contributed by atoms with E-state index in [1.165, 1.54) is 4.68 Å². The van der Waals surface area contributed by atoms with Crippen LogP contribution in [0.1, 0.15) is 19.8 Å². The molecule has 86 valence electrons. The van der Waals surface area contributed by atoms with Gasteiger partial charge in [-0.25, -0.2) is 4.68 Å². The van der Waals surface area contributed by atoms with Gasteiger partial charge >= 0.3 is 0 Å². The van der Waals surface area contributed by atoms with Gasteiger partial charge in [0.1, 0.15) is 5.02 Å². The number of aryl methyl sites for hydroxylation is 1. The van der Waals surface area contributed by atoms with E-state index in [9.17, 15) is 4.79 Å². The third-order valence-electron chi connectivity index (χ3n) is 2.65. The average Bonchev–Trinajstić information content (AvgIpc) is 2.78. The van der Waals surface area contributed by atoms with Gasteiger partial charge in [0, 0.05) is 12.6 Å². The molecule has 0 saturated heterocycles. The lowest BCUT2D eigenvalue weighted by molar-refractivity contribution is 0.615. The highest BCUT2D eigenvalue weighted by Crippen LogP contribution is 2.20. The smallest absolute Gasteiger partial charge is 0.287 e. The van der Waals surface area contributed by atoms with E-state index in [0.29, 0.717) is 18.3 Å². The summed E-state index contributed by atoms with van der Waals surface area (Å²) < 4.78 is 1.35. The first-order chi connectivity index (χ1) is 7.72. The van der Waals surface area contributed by atoms with Crippen LogP contribution in [0.3, 0.4) is 0 Å². The van der Waals surface area contributed by atoms with Crippen LogP contribution in [0.4, 0.5) is 5.69 Å². The maximum atomic E-state index is 11.7. The Morgan fingerprint density at radius 1 is 1.56 bits per heavy atom. The van der Waals surface area contributed by atoms with Gasteiger partial charge in [0.05, 0.1) is 11.9 Å². The molecule has 0 unspecified atom stereocenters. The van der Waals surface area contributed by atoms with Gasteiger partial charge in [-0.3, -0.25) is 4.79 Å². The maximum Gasteiger partial charge on any atom is 0.287 e. The van der Waals surface area contributed by atoms with Crippen molar-refractivity contribution in [1.82, 2.24) is 9.78 Å². The van der Waals surface area contributed by atoms with Crippen molar-refractivity contribution in [3.63, 3.8) is 0 Å². The quantitative estimate of drug-likeness (QED) is 0.822. The molecule has 0 aliphatic heterocycles. The number of hydrogen-bond donors (Lipinski definition) is 1. The van der Waals surface area contributed by atoms with Crippen LogP contribution in [0.2, 0.25) is 5.02 Å². The Bertz CT molecular complexity index is 459. The molecule has 0 saturated carbocycles. The zero-order valence-electron chi connectivity index (χ0n) is 9.11. The molecule has 0 aromatic carbocycles. The van der Waals surface area contributed by atoms with Gasteiger partial charge in [-0.1, -0.05) is 23.8 Å². The zero-order chi connectivity index (χ0) is 11.5. The van der Waals surface area contributed by atoms with Crippen molar-refractivity contribution in [3.8, 4) is 0 Å². The third-order valence-corrected chi connectivity index (χ3v) is 3.02. The topological polar surface area (TPSA) is 46.9 Å². The number of hydrogen-bond acceptors (Lipinski definition) is 3. The molecule has 1 aromatic heterocycles. The Morgan fingerprint density at radius 3 is 2.88 bits per heavy atom. The van der Waals surface area contributed by atoms with Gasteiger partial charge in [-0.15, -0.1) is 0 Å². The summed E-state index contributed by atoms with van der Waals surface area (Å²) in [5, 5.41) is 7.49. The van der Waals surface area contributed by atoms with Crippen molar-refractivity contribution < 1.29 is 0 Å². The fraction of sp³-hybridized carbons (Fsp3) is 0.455. The molecule has 1 aliphatic rings. The molecule has 0 atom stereocenters. The van der Waals surface area contributed by atoms with E-state index in [-0.39, 0.29) is 10.6 Å². The van der Waals surface area contributed by atoms with Gasteiger partial charge in [0.25, 0.3) is 5.56 Å². The third kappa shape index (κ3) is 2.11. The van der Waals surface area contributed by atoms with Crippen LogP contribution in [0, 0.1) is 0 Å². The van der Waals surface area contributed by atoms with E-state index in [0.717, 1.165) is 12.8 Å². The number of rotatable bonds is 3. The predicted molar refractivity (Wildman–Crippen MR) is 65.0 cm³/mol. The SMILES string of the molecule is CCn1ncc(NC2CC=CC2)c(Cl)c1=O. The second-order valence-electron chi connectivity index (χ2n) is 3.78. The largest absolute Gasteiger partial charge is 0.379 e. The van der Waals surface area contributed by atoms with Crippen molar-refractivity contribution in [2.24, 2.45) is 0 Å². The summed E-state index contributed by atoms with van der Waals surface area (Å²) >= 11 is 6.00. The minimum absolute atomic E-state index is 0.226. The lowest BCUT2D eigenvalue weighted by Gasteiger charge is -2.14. The van der Waals surface area contributed by atoms with Crippen LogP contribution in [0.15, 0.2) is 23.1 Å². The Morgan fingerprint density at radius 2 is 2.25 bits per heavy atom. The summed E-state index contributed by atoms with van der Waals surface area (Å²) in [6, 6.07) is 0.330. The molecule has 1 aromatic rings. The van der Waals surface area contributed by atoms with Crippen LogP contribution >= 0.6 is 11.6 Å². The van der Waals surface area contributed by atoms with Crippen molar-refractivity contribution >= 4 is 17.3 Å². The number of halogens is 1. The molecular formula is C11H14ClN3O. The standard InChI is InChI=1S/C11H14ClN3O/c1-2-15-11(16)10(12)9(7-13-15)14-8-5-3-4-6-8/h3-4,7-8,14H,2,5-6H2,1H3. The normalized spacial score (nSPS) is 15.6. The highest BCUT2D eigenvalue weighted by atomic mass is 35.5. The molecule has 1 N–H and O–H groups in total. The molecule has 2 rings (SSSR count). The summed E-state index contributed by atoms with van der Waals surface area (Å²) in [5.41, 5.74) is 0.394. The number of nitrogens with zero attached hydrogens (tertiary/aromatic N) is 2. The average molecular weight is 240 g/mol. The van der Waals surface area contributed by atoms with E-state index in [1.807, 2.05) is 6.92 Å². The Balaban J connectivity index is 2.22. The second-order valence-corrected chi connectivity index (χ2v) is 4.16. The highest BCUT2D eigenvalue weighted by Gasteiger charge is 2.14. The van der Waals surface area contributed by atoms with Gasteiger partial charge in [-0.05, 0) is 19.8 Å². The molecule has 1 heterocycles. The van der Waals surface area contributed by atoms with Crippen molar-refractivity contribution in [2.45, 2.75) is 32.4 Å². The van der Waals surface area contributed by atoms with Gasteiger partial charge in [0.2, 0.25) is 0 Å². The first-order valence-electron chi connectivity index (χ1n) is 5.39. The number of nitrogens with one attached hydrogen (secondary N) is 1. The molecule has 0 bridgehead atoms. The summed E-state index contributed by atoms with van der Waals surface area (Å²) in [5.74, 6) is 0. The first-order valence-corrected chi connectivity index (χ1v) is 5.77. The Hall–Kier alpha value is -1.29. The second kappa shape index (κ2) is 4.70. The van der Waals surface area contributed by atoms with Gasteiger partial charge < -0.3 is 5.32 Å². The summed E-state index contributed by atoms with van der Waals surface area (Å²) in [6.07, 6.45) is 7.78. The molecule has 1 aliphatic carbocycles. The van der Waals surface area contributed by atoms with Crippen LogP contribution in [0.5, 0.6) is 0 Å². The molecule has 0 fully saturated rings. The van der Waals surface area contributed by atoms with Crippen molar-refractivity contribution in [3.05, 3.63) is 33.7 Å². The fourth-order valence-electron chi connectivity index (χ4n) is 1.75. The van der Waals surface area contributed by atoms with Crippen LogP contribution in [-0.4, -0.2) is 15.8 Å². The van der Waals surface area contributed by atoms with Crippen molar-refractivity contribution in [1.29, 1.82) is 0 Å². The molecule has 0 spiro atoms. The molecule has 0 radical (unpaired) electrons. The molecular weight excluding hydrogens is 226 g/mol. The summed E-state index contributed by atoms with van der Waals surface area (Å²) in [6.45, 7) is 2.39. The Labute approximate surface area is 98.9 Å². The van der Waals surface area contributed by atoms with E-state index < -0.39 is 0 Å². The summed E-state index contributed by atoms with van der Waals surface area (Å²) in [7, 11) is 0. The van der Waals surface area contributed by atoms with Crippen LogP contribution in [0.25, 0.3) is 0 Å². The maximum absolute atomic E-state index is 11.7. The molecule has 16 heavy (non-hydrogen) atoms. The lowest BCUT2D eigenvalue weighted by Crippen LogP contribution is -2.25. The number of anilines is 1. The van der Waals surface area contributed by atoms with Crippen molar-refractivity contribution in [2.75, 3.05) is 5.32 Å². The van der Waals surface area contributed by atoms with Crippen LogP contribution in [-0.2, 0) is 6.54 Å². The zero-order valence-corrected chi connectivity index (χ0v) is 9.87. The molecule has 4 nitrogen and oxygen atoms in total.